The van der Waals surface area contributed by atoms with Gasteiger partial charge in [-0.05, 0) is 25.8 Å². The third-order valence-corrected chi connectivity index (χ3v) is 4.70. The van der Waals surface area contributed by atoms with E-state index >= 15 is 0 Å². The summed E-state index contributed by atoms with van der Waals surface area (Å²) in [6.45, 7) is 7.61. The SMILES string of the molecule is CCNC(=NCc1cc(Cl)c(Cl)n1C)NCC(O)(CC)CC.I. The van der Waals surface area contributed by atoms with Crippen molar-refractivity contribution in [1.82, 2.24) is 15.2 Å². The predicted molar refractivity (Wildman–Crippen MR) is 109 cm³/mol. The van der Waals surface area contributed by atoms with E-state index in [9.17, 15) is 5.11 Å². The first-order chi connectivity index (χ1) is 10.4. The molecule has 1 heterocycles. The zero-order valence-electron chi connectivity index (χ0n) is 14.1. The molecule has 0 radical (unpaired) electrons. The molecule has 0 aliphatic rings. The van der Waals surface area contributed by atoms with Crippen LogP contribution in [0.25, 0.3) is 0 Å². The fourth-order valence-electron chi connectivity index (χ4n) is 1.99. The predicted octanol–water partition coefficient (Wildman–Crippen LogP) is 3.56. The molecule has 1 rings (SSSR count). The van der Waals surface area contributed by atoms with Crippen molar-refractivity contribution in [3.05, 3.63) is 21.9 Å². The molecule has 0 aliphatic carbocycles. The van der Waals surface area contributed by atoms with Crippen molar-refractivity contribution in [2.45, 2.75) is 45.8 Å². The van der Waals surface area contributed by atoms with Gasteiger partial charge in [0.15, 0.2) is 5.96 Å². The minimum Gasteiger partial charge on any atom is -0.388 e. The number of aromatic nitrogens is 1. The lowest BCUT2D eigenvalue weighted by Gasteiger charge is -2.26. The Kier molecular flexibility index (Phi) is 10.6. The van der Waals surface area contributed by atoms with Gasteiger partial charge in [0.1, 0.15) is 5.15 Å². The molecular formula is C15H27Cl2IN4O. The summed E-state index contributed by atoms with van der Waals surface area (Å²) in [6.07, 6.45) is 1.39. The Morgan fingerprint density at radius 2 is 1.87 bits per heavy atom. The highest BCUT2D eigenvalue weighted by molar-refractivity contribution is 14.0. The van der Waals surface area contributed by atoms with Crippen LogP contribution >= 0.6 is 47.2 Å². The third kappa shape index (κ3) is 6.68. The van der Waals surface area contributed by atoms with Crippen LogP contribution in [0.5, 0.6) is 0 Å². The molecule has 0 spiro atoms. The minimum atomic E-state index is -0.715. The highest BCUT2D eigenvalue weighted by atomic mass is 127. The van der Waals surface area contributed by atoms with Gasteiger partial charge in [-0.25, -0.2) is 4.99 Å². The largest absolute Gasteiger partial charge is 0.388 e. The first-order valence-electron chi connectivity index (χ1n) is 7.61. The van der Waals surface area contributed by atoms with Gasteiger partial charge in [0.2, 0.25) is 0 Å². The van der Waals surface area contributed by atoms with Crippen molar-refractivity contribution in [3.8, 4) is 0 Å². The molecule has 5 nitrogen and oxygen atoms in total. The average molecular weight is 477 g/mol. The molecule has 23 heavy (non-hydrogen) atoms. The van der Waals surface area contributed by atoms with Crippen molar-refractivity contribution < 1.29 is 5.11 Å². The first-order valence-corrected chi connectivity index (χ1v) is 8.36. The second kappa shape index (κ2) is 10.6. The molecule has 0 aromatic carbocycles. The second-order valence-corrected chi connectivity index (χ2v) is 6.08. The summed E-state index contributed by atoms with van der Waals surface area (Å²) in [5.74, 6) is 0.663. The van der Waals surface area contributed by atoms with Crippen LogP contribution in [0, 0.1) is 0 Å². The molecule has 0 atom stereocenters. The highest BCUT2D eigenvalue weighted by Gasteiger charge is 2.22. The molecule has 134 valence electrons. The third-order valence-electron chi connectivity index (χ3n) is 3.86. The van der Waals surface area contributed by atoms with Crippen LogP contribution in [0.15, 0.2) is 11.1 Å². The Labute approximate surface area is 165 Å². The van der Waals surface area contributed by atoms with Gasteiger partial charge in [-0.1, -0.05) is 37.0 Å². The fraction of sp³-hybridized carbons (Fsp3) is 0.667. The van der Waals surface area contributed by atoms with E-state index in [0.29, 0.717) is 42.1 Å². The molecule has 0 bridgehead atoms. The average Bonchev–Trinajstić information content (AvgIpc) is 2.77. The molecule has 0 fully saturated rings. The van der Waals surface area contributed by atoms with E-state index in [2.05, 4.69) is 15.6 Å². The summed E-state index contributed by atoms with van der Waals surface area (Å²) in [4.78, 5) is 4.52. The number of nitrogens with one attached hydrogen (secondary N) is 2. The van der Waals surface area contributed by atoms with E-state index < -0.39 is 5.60 Å². The summed E-state index contributed by atoms with van der Waals surface area (Å²) in [6, 6.07) is 1.81. The van der Waals surface area contributed by atoms with E-state index in [0.717, 1.165) is 12.2 Å². The highest BCUT2D eigenvalue weighted by Crippen LogP contribution is 2.25. The fourth-order valence-corrected chi connectivity index (χ4v) is 2.41. The van der Waals surface area contributed by atoms with Gasteiger partial charge in [-0.3, -0.25) is 0 Å². The zero-order chi connectivity index (χ0) is 16.8. The monoisotopic (exact) mass is 476 g/mol. The van der Waals surface area contributed by atoms with Crippen LogP contribution in [0.1, 0.15) is 39.3 Å². The normalized spacial score (nSPS) is 12.0. The standard InChI is InChI=1S/C15H26Cl2N4O.HI/c1-5-15(22,6-2)10-20-14(18-7-3)19-9-11-8-12(16)13(17)21(11)4;/h8,22H,5-7,9-10H2,1-4H3,(H2,18,19,20);1H. The molecule has 8 heteroatoms. The molecule has 3 N–H and O–H groups in total. The van der Waals surface area contributed by atoms with Crippen molar-refractivity contribution in [1.29, 1.82) is 0 Å². The van der Waals surface area contributed by atoms with Gasteiger partial charge >= 0.3 is 0 Å². The van der Waals surface area contributed by atoms with E-state index in [-0.39, 0.29) is 24.0 Å². The van der Waals surface area contributed by atoms with E-state index in [1.807, 2.05) is 38.5 Å². The number of rotatable bonds is 7. The van der Waals surface area contributed by atoms with Crippen molar-refractivity contribution >= 4 is 53.1 Å². The van der Waals surface area contributed by atoms with Crippen LogP contribution in [0.3, 0.4) is 0 Å². The lowest BCUT2D eigenvalue weighted by Crippen LogP contribution is -2.46. The summed E-state index contributed by atoms with van der Waals surface area (Å²) in [5, 5.41) is 17.7. The summed E-state index contributed by atoms with van der Waals surface area (Å²) >= 11 is 12.1. The van der Waals surface area contributed by atoms with E-state index in [1.54, 1.807) is 0 Å². The Bertz CT molecular complexity index is 516. The lowest BCUT2D eigenvalue weighted by atomic mass is 9.98. The number of halogens is 3. The summed E-state index contributed by atoms with van der Waals surface area (Å²) < 4.78 is 1.81. The van der Waals surface area contributed by atoms with Gasteiger partial charge in [-0.2, -0.15) is 0 Å². The summed E-state index contributed by atoms with van der Waals surface area (Å²) in [7, 11) is 1.85. The molecule has 1 aromatic rings. The van der Waals surface area contributed by atoms with Crippen LogP contribution < -0.4 is 10.6 Å². The molecule has 0 saturated carbocycles. The Hall–Kier alpha value is -0.180. The lowest BCUT2D eigenvalue weighted by molar-refractivity contribution is 0.0367. The van der Waals surface area contributed by atoms with Crippen LogP contribution in [0.4, 0.5) is 0 Å². The van der Waals surface area contributed by atoms with Gasteiger partial charge in [0.05, 0.1) is 17.2 Å². The minimum absolute atomic E-state index is 0. The smallest absolute Gasteiger partial charge is 0.191 e. The van der Waals surface area contributed by atoms with Crippen LogP contribution in [0.2, 0.25) is 10.2 Å². The number of aliphatic imine (C=N–C) groups is 1. The maximum Gasteiger partial charge on any atom is 0.191 e. The van der Waals surface area contributed by atoms with E-state index in [4.69, 9.17) is 23.2 Å². The quantitative estimate of drug-likeness (QED) is 0.320. The van der Waals surface area contributed by atoms with Crippen molar-refractivity contribution in [2.75, 3.05) is 13.1 Å². The van der Waals surface area contributed by atoms with Gasteiger partial charge < -0.3 is 20.3 Å². The van der Waals surface area contributed by atoms with Crippen LogP contribution in [-0.2, 0) is 13.6 Å². The van der Waals surface area contributed by atoms with Gasteiger partial charge in [0.25, 0.3) is 0 Å². The maximum atomic E-state index is 10.3. The summed E-state index contributed by atoms with van der Waals surface area (Å²) in [5.41, 5.74) is 0.210. The number of hydrogen-bond donors (Lipinski definition) is 3. The number of guanidine groups is 1. The van der Waals surface area contributed by atoms with Crippen molar-refractivity contribution in [2.24, 2.45) is 12.0 Å². The molecule has 0 aliphatic heterocycles. The molecular weight excluding hydrogens is 450 g/mol. The number of nitrogens with zero attached hydrogens (tertiary/aromatic N) is 2. The number of aliphatic hydroxyl groups is 1. The van der Waals surface area contributed by atoms with Gasteiger partial charge in [0, 0.05) is 25.8 Å². The maximum absolute atomic E-state index is 10.3. The first kappa shape index (κ1) is 22.8. The molecule has 0 amide bonds. The second-order valence-electron chi connectivity index (χ2n) is 5.31. The Balaban J connectivity index is 0.00000484. The van der Waals surface area contributed by atoms with Crippen LogP contribution in [-0.4, -0.2) is 34.3 Å². The Morgan fingerprint density at radius 1 is 1.26 bits per heavy atom. The van der Waals surface area contributed by atoms with Crippen molar-refractivity contribution in [3.63, 3.8) is 0 Å². The van der Waals surface area contributed by atoms with Gasteiger partial charge in [-0.15, -0.1) is 24.0 Å². The van der Waals surface area contributed by atoms with E-state index in [1.165, 1.54) is 0 Å². The Morgan fingerprint density at radius 3 is 2.30 bits per heavy atom. The molecule has 0 unspecified atom stereocenters. The topological polar surface area (TPSA) is 61.6 Å². The molecule has 1 aromatic heterocycles. The molecule has 0 saturated heterocycles. The zero-order valence-corrected chi connectivity index (χ0v) is 18.0. The number of hydrogen-bond acceptors (Lipinski definition) is 2.